The molecule has 7 heteroatoms. The molecule has 1 fully saturated rings. The van der Waals surface area contributed by atoms with E-state index in [0.29, 0.717) is 6.61 Å². The first kappa shape index (κ1) is 20.3. The standard InChI is InChI=1S/C24H26BNO5/c27-23(13-16-6-5-8-20-19(16)15-31-24(20)10-3-4-11-24)26-22(25(28)29)12-17-14-30-21-9-2-1-7-18(17)21/h1-2,5-9,14,22,28-29H,3-4,10-13,15H2,(H,26,27)/t22-/m0/s1. The van der Waals surface area contributed by atoms with Crippen molar-refractivity contribution >= 4 is 24.0 Å². The van der Waals surface area contributed by atoms with Gasteiger partial charge in [0.1, 0.15) is 5.58 Å². The summed E-state index contributed by atoms with van der Waals surface area (Å²) >= 11 is 0. The minimum Gasteiger partial charge on any atom is -0.464 e. The molecule has 1 spiro atoms. The number of nitrogens with one attached hydrogen (secondary N) is 1. The molecule has 2 aliphatic rings. The Morgan fingerprint density at radius 2 is 1.90 bits per heavy atom. The molecule has 1 aliphatic heterocycles. The number of rotatable bonds is 6. The van der Waals surface area contributed by atoms with Gasteiger partial charge >= 0.3 is 7.12 Å². The van der Waals surface area contributed by atoms with Gasteiger partial charge in [0.25, 0.3) is 0 Å². The number of amides is 1. The van der Waals surface area contributed by atoms with Crippen molar-refractivity contribution in [2.75, 3.05) is 0 Å². The van der Waals surface area contributed by atoms with E-state index in [2.05, 4.69) is 11.4 Å². The van der Waals surface area contributed by atoms with Gasteiger partial charge in [0.05, 0.1) is 30.8 Å². The van der Waals surface area contributed by atoms with E-state index in [1.54, 1.807) is 6.26 Å². The number of hydrogen-bond donors (Lipinski definition) is 3. The number of ether oxygens (including phenoxy) is 1. The summed E-state index contributed by atoms with van der Waals surface area (Å²) in [4.78, 5) is 12.8. The first-order chi connectivity index (χ1) is 15.1. The Morgan fingerprint density at radius 3 is 2.71 bits per heavy atom. The summed E-state index contributed by atoms with van der Waals surface area (Å²) in [7, 11) is -1.68. The second-order valence-electron chi connectivity index (χ2n) is 8.66. The maximum absolute atomic E-state index is 12.8. The molecule has 0 saturated heterocycles. The van der Waals surface area contributed by atoms with Crippen LogP contribution in [0.2, 0.25) is 0 Å². The molecule has 160 valence electrons. The fraction of sp³-hybridized carbons (Fsp3) is 0.375. The molecular formula is C24H26BNO5. The maximum atomic E-state index is 12.8. The van der Waals surface area contributed by atoms with Crippen molar-refractivity contribution in [2.24, 2.45) is 0 Å². The van der Waals surface area contributed by atoms with Crippen LogP contribution in [0.3, 0.4) is 0 Å². The Labute approximate surface area is 181 Å². The lowest BCUT2D eigenvalue weighted by Gasteiger charge is -2.23. The van der Waals surface area contributed by atoms with Crippen LogP contribution in [0.5, 0.6) is 0 Å². The maximum Gasteiger partial charge on any atom is 0.475 e. The molecule has 0 bridgehead atoms. The van der Waals surface area contributed by atoms with Crippen LogP contribution in [0, 0.1) is 0 Å². The molecule has 2 aromatic carbocycles. The third-order valence-corrected chi connectivity index (χ3v) is 6.73. The van der Waals surface area contributed by atoms with Gasteiger partial charge in [0, 0.05) is 5.39 Å². The summed E-state index contributed by atoms with van der Waals surface area (Å²) in [6.07, 6.45) is 6.46. The van der Waals surface area contributed by atoms with Gasteiger partial charge in [0.2, 0.25) is 5.91 Å². The zero-order chi connectivity index (χ0) is 21.4. The first-order valence-electron chi connectivity index (χ1n) is 10.9. The normalized spacial score (nSPS) is 17.7. The third-order valence-electron chi connectivity index (χ3n) is 6.73. The summed E-state index contributed by atoms with van der Waals surface area (Å²) in [5, 5.41) is 23.5. The van der Waals surface area contributed by atoms with Crippen molar-refractivity contribution in [3.63, 3.8) is 0 Å². The van der Waals surface area contributed by atoms with Gasteiger partial charge in [-0.25, -0.2) is 0 Å². The quantitative estimate of drug-likeness (QED) is 0.535. The number of benzene rings is 2. The van der Waals surface area contributed by atoms with E-state index in [4.69, 9.17) is 9.15 Å². The molecule has 1 aromatic heterocycles. The van der Waals surface area contributed by atoms with Gasteiger partial charge in [-0.15, -0.1) is 0 Å². The minimum absolute atomic E-state index is 0.173. The van der Waals surface area contributed by atoms with Crippen LogP contribution in [0.15, 0.2) is 53.1 Å². The molecular weight excluding hydrogens is 393 g/mol. The van der Waals surface area contributed by atoms with Gasteiger partial charge in [-0.2, -0.15) is 0 Å². The minimum atomic E-state index is -1.68. The van der Waals surface area contributed by atoms with Gasteiger partial charge in [-0.3, -0.25) is 4.79 Å². The summed E-state index contributed by atoms with van der Waals surface area (Å²) < 4.78 is 11.7. The molecule has 1 aliphatic carbocycles. The van der Waals surface area contributed by atoms with Gasteiger partial charge in [-0.1, -0.05) is 49.2 Å². The van der Waals surface area contributed by atoms with Gasteiger partial charge in [0.15, 0.2) is 0 Å². The third kappa shape index (κ3) is 3.78. The van der Waals surface area contributed by atoms with Crippen LogP contribution >= 0.6 is 0 Å². The second kappa shape index (κ2) is 8.15. The second-order valence-corrected chi connectivity index (χ2v) is 8.66. The molecule has 6 nitrogen and oxygen atoms in total. The van der Waals surface area contributed by atoms with E-state index >= 15 is 0 Å². The highest BCUT2D eigenvalue weighted by Crippen LogP contribution is 2.48. The van der Waals surface area contributed by atoms with E-state index in [-0.39, 0.29) is 24.3 Å². The van der Waals surface area contributed by atoms with Gasteiger partial charge < -0.3 is 24.5 Å². The zero-order valence-corrected chi connectivity index (χ0v) is 17.3. The topological polar surface area (TPSA) is 91.9 Å². The van der Waals surface area contributed by atoms with E-state index in [9.17, 15) is 14.8 Å². The van der Waals surface area contributed by atoms with E-state index in [1.165, 1.54) is 18.4 Å². The molecule has 3 N–H and O–H groups in total. The number of fused-ring (bicyclic) bond motifs is 3. The van der Waals surface area contributed by atoms with Crippen LogP contribution < -0.4 is 5.32 Å². The van der Waals surface area contributed by atoms with Crippen molar-refractivity contribution in [1.29, 1.82) is 0 Å². The number of para-hydroxylation sites is 1. The zero-order valence-electron chi connectivity index (χ0n) is 17.3. The van der Waals surface area contributed by atoms with Crippen molar-refractivity contribution in [3.05, 3.63) is 71.0 Å². The monoisotopic (exact) mass is 419 g/mol. The predicted octanol–water partition coefficient (Wildman–Crippen LogP) is 3.01. The highest BCUT2D eigenvalue weighted by atomic mass is 16.5. The van der Waals surface area contributed by atoms with E-state index < -0.39 is 13.1 Å². The molecule has 0 radical (unpaired) electrons. The van der Waals surface area contributed by atoms with Crippen LogP contribution in [-0.4, -0.2) is 29.0 Å². The lowest BCUT2D eigenvalue weighted by atomic mass is 9.75. The van der Waals surface area contributed by atoms with Crippen LogP contribution in [-0.2, 0) is 34.6 Å². The Bertz CT molecular complexity index is 1100. The highest BCUT2D eigenvalue weighted by molar-refractivity contribution is 6.43. The number of carbonyl (C=O) groups is 1. The highest BCUT2D eigenvalue weighted by Gasteiger charge is 2.43. The van der Waals surface area contributed by atoms with Crippen molar-refractivity contribution in [2.45, 2.75) is 56.7 Å². The lowest BCUT2D eigenvalue weighted by molar-refractivity contribution is -0.120. The summed E-state index contributed by atoms with van der Waals surface area (Å²) in [5.41, 5.74) is 4.66. The smallest absolute Gasteiger partial charge is 0.464 e. The fourth-order valence-electron chi connectivity index (χ4n) is 5.13. The molecule has 1 saturated carbocycles. The molecule has 5 rings (SSSR count). The number of furan rings is 1. The van der Waals surface area contributed by atoms with Gasteiger partial charge in [-0.05, 0) is 47.6 Å². The molecule has 2 heterocycles. The van der Waals surface area contributed by atoms with E-state index in [1.807, 2.05) is 36.4 Å². The molecule has 1 atom stereocenters. The first-order valence-corrected chi connectivity index (χ1v) is 10.9. The molecule has 31 heavy (non-hydrogen) atoms. The summed E-state index contributed by atoms with van der Waals surface area (Å²) in [6, 6.07) is 13.6. The van der Waals surface area contributed by atoms with Crippen molar-refractivity contribution in [1.82, 2.24) is 5.32 Å². The molecule has 1 amide bonds. The summed E-state index contributed by atoms with van der Waals surface area (Å²) in [5.74, 6) is -1.07. The predicted molar refractivity (Wildman–Crippen MR) is 117 cm³/mol. The van der Waals surface area contributed by atoms with Crippen LogP contribution in [0.1, 0.15) is 47.9 Å². The largest absolute Gasteiger partial charge is 0.475 e. The van der Waals surface area contributed by atoms with E-state index in [0.717, 1.165) is 40.5 Å². The number of carbonyl (C=O) groups excluding carboxylic acids is 1. The van der Waals surface area contributed by atoms with Crippen LogP contribution in [0.25, 0.3) is 11.0 Å². The Balaban J connectivity index is 1.31. The fourth-order valence-corrected chi connectivity index (χ4v) is 5.13. The summed E-state index contributed by atoms with van der Waals surface area (Å²) in [6.45, 7) is 0.534. The average Bonchev–Trinajstić information content (AvgIpc) is 3.49. The lowest BCUT2D eigenvalue weighted by Crippen LogP contribution is -2.48. The molecule has 0 unspecified atom stereocenters. The van der Waals surface area contributed by atoms with Crippen molar-refractivity contribution < 1.29 is 24.0 Å². The Morgan fingerprint density at radius 1 is 1.10 bits per heavy atom. The number of hydrogen-bond acceptors (Lipinski definition) is 5. The average molecular weight is 419 g/mol. The Hall–Kier alpha value is -2.61. The van der Waals surface area contributed by atoms with Crippen LogP contribution in [0.4, 0.5) is 0 Å². The van der Waals surface area contributed by atoms with Crippen molar-refractivity contribution in [3.8, 4) is 0 Å². The Kier molecular flexibility index (Phi) is 5.34. The molecule has 3 aromatic rings. The SMILES string of the molecule is O=C(Cc1cccc2c1COC21CCCC1)N[C@@H](Cc1coc2ccccc12)B(O)O.